The van der Waals surface area contributed by atoms with Crippen LogP contribution in [0, 0.1) is 11.3 Å². The molecule has 0 aliphatic carbocycles. The summed E-state index contributed by atoms with van der Waals surface area (Å²) in [5, 5.41) is 9.57. The van der Waals surface area contributed by atoms with Crippen LogP contribution in [0.25, 0.3) is 5.52 Å². The molecule has 1 aromatic carbocycles. The van der Waals surface area contributed by atoms with Crippen LogP contribution in [0.3, 0.4) is 0 Å². The quantitative estimate of drug-likeness (QED) is 0.705. The highest BCUT2D eigenvalue weighted by Crippen LogP contribution is 2.21. The number of hydrogen-bond donors (Lipinski definition) is 0. The van der Waals surface area contributed by atoms with Crippen molar-refractivity contribution < 1.29 is 9.53 Å². The topological polar surface area (TPSA) is 61.0 Å². The minimum Gasteiger partial charge on any atom is -0.497 e. The fraction of sp³-hybridized carbons (Fsp3) is 0.273. The van der Waals surface area contributed by atoms with E-state index in [4.69, 9.17) is 4.74 Å². The molecule has 2 aromatic heterocycles. The third-order valence-electron chi connectivity index (χ3n) is 5.24. The molecule has 0 unspecified atom stereocenters. The van der Waals surface area contributed by atoms with E-state index >= 15 is 0 Å². The van der Waals surface area contributed by atoms with E-state index in [1.165, 1.54) is 0 Å². The molecule has 3 heterocycles. The van der Waals surface area contributed by atoms with E-state index in [1.54, 1.807) is 13.2 Å². The SMILES string of the molecule is COc1cccc(C(=O)N2CCN(Cc3cn4ccccc4c3C#N)CC2)c1. The molecule has 28 heavy (non-hydrogen) atoms. The lowest BCUT2D eigenvalue weighted by Crippen LogP contribution is -2.48. The van der Waals surface area contributed by atoms with Gasteiger partial charge in [-0.2, -0.15) is 5.26 Å². The number of carbonyl (C=O) groups excluding carboxylic acids is 1. The van der Waals surface area contributed by atoms with Gasteiger partial charge in [0, 0.05) is 56.2 Å². The second-order valence-corrected chi connectivity index (χ2v) is 6.93. The molecule has 6 heteroatoms. The van der Waals surface area contributed by atoms with Crippen molar-refractivity contribution >= 4 is 11.4 Å². The number of carbonyl (C=O) groups is 1. The van der Waals surface area contributed by atoms with Gasteiger partial charge in [-0.25, -0.2) is 0 Å². The Bertz CT molecular complexity index is 1040. The van der Waals surface area contributed by atoms with Crippen LogP contribution in [0.5, 0.6) is 5.75 Å². The summed E-state index contributed by atoms with van der Waals surface area (Å²) < 4.78 is 7.21. The van der Waals surface area contributed by atoms with E-state index in [-0.39, 0.29) is 5.91 Å². The molecule has 0 radical (unpaired) electrons. The number of benzene rings is 1. The Morgan fingerprint density at radius 2 is 1.96 bits per heavy atom. The van der Waals surface area contributed by atoms with Crippen molar-refractivity contribution in [3.8, 4) is 11.8 Å². The first-order valence-electron chi connectivity index (χ1n) is 9.34. The highest BCUT2D eigenvalue weighted by Gasteiger charge is 2.23. The Morgan fingerprint density at radius 1 is 1.14 bits per heavy atom. The summed E-state index contributed by atoms with van der Waals surface area (Å²) in [7, 11) is 1.60. The molecule has 3 aromatic rings. The minimum absolute atomic E-state index is 0.0332. The Kier molecular flexibility index (Phi) is 5.00. The fourth-order valence-electron chi connectivity index (χ4n) is 3.72. The lowest BCUT2D eigenvalue weighted by molar-refractivity contribution is 0.0628. The molecule has 0 atom stereocenters. The van der Waals surface area contributed by atoms with E-state index < -0.39 is 0 Å². The number of hydrogen-bond acceptors (Lipinski definition) is 4. The first-order chi connectivity index (χ1) is 13.7. The molecule has 1 aliphatic rings. The first-order valence-corrected chi connectivity index (χ1v) is 9.34. The molecule has 4 rings (SSSR count). The summed E-state index contributed by atoms with van der Waals surface area (Å²) in [6.45, 7) is 3.63. The molecule has 0 spiro atoms. The van der Waals surface area contributed by atoms with Crippen molar-refractivity contribution in [3.05, 3.63) is 71.5 Å². The van der Waals surface area contributed by atoms with Crippen LogP contribution in [-0.4, -0.2) is 53.4 Å². The molecular weight excluding hydrogens is 352 g/mol. The number of piperazine rings is 1. The standard InChI is InChI=1S/C22H22N4O2/c1-28-19-6-4-5-17(13-19)22(27)25-11-9-24(10-12-25)15-18-16-26-8-3-2-7-21(26)20(18)14-23/h2-8,13,16H,9-12,15H2,1H3. The average Bonchev–Trinajstić information content (AvgIpc) is 3.10. The molecule has 1 saturated heterocycles. The van der Waals surface area contributed by atoms with Gasteiger partial charge in [0.25, 0.3) is 5.91 Å². The fourth-order valence-corrected chi connectivity index (χ4v) is 3.72. The van der Waals surface area contributed by atoms with Crippen molar-refractivity contribution in [1.82, 2.24) is 14.2 Å². The predicted octanol–water partition coefficient (Wildman–Crippen LogP) is 2.78. The minimum atomic E-state index is 0.0332. The smallest absolute Gasteiger partial charge is 0.254 e. The number of nitrogens with zero attached hydrogens (tertiary/aromatic N) is 4. The van der Waals surface area contributed by atoms with E-state index in [0.29, 0.717) is 30.9 Å². The third-order valence-corrected chi connectivity index (χ3v) is 5.24. The van der Waals surface area contributed by atoms with Gasteiger partial charge in [0.05, 0.1) is 18.2 Å². The predicted molar refractivity (Wildman–Crippen MR) is 106 cm³/mol. The Labute approximate surface area is 164 Å². The summed E-state index contributed by atoms with van der Waals surface area (Å²) in [6.07, 6.45) is 3.99. The van der Waals surface area contributed by atoms with E-state index in [0.717, 1.165) is 29.7 Å². The lowest BCUT2D eigenvalue weighted by Gasteiger charge is -2.34. The Balaban J connectivity index is 1.42. The molecule has 142 valence electrons. The zero-order valence-electron chi connectivity index (χ0n) is 15.8. The zero-order chi connectivity index (χ0) is 19.5. The van der Waals surface area contributed by atoms with Crippen LogP contribution in [0.2, 0.25) is 0 Å². The van der Waals surface area contributed by atoms with E-state index in [9.17, 15) is 10.1 Å². The second-order valence-electron chi connectivity index (χ2n) is 6.93. The van der Waals surface area contributed by atoms with Gasteiger partial charge in [-0.1, -0.05) is 12.1 Å². The van der Waals surface area contributed by atoms with Gasteiger partial charge in [0.2, 0.25) is 0 Å². The monoisotopic (exact) mass is 374 g/mol. The number of methoxy groups -OCH3 is 1. The molecule has 1 fully saturated rings. The number of rotatable bonds is 4. The van der Waals surface area contributed by atoms with Crippen LogP contribution >= 0.6 is 0 Å². The van der Waals surface area contributed by atoms with Gasteiger partial charge in [0.15, 0.2) is 0 Å². The maximum atomic E-state index is 12.8. The van der Waals surface area contributed by atoms with Crippen molar-refractivity contribution in [2.45, 2.75) is 6.54 Å². The van der Waals surface area contributed by atoms with Crippen LogP contribution in [-0.2, 0) is 6.54 Å². The number of fused-ring (bicyclic) bond motifs is 1. The number of nitriles is 1. The summed E-state index contributed by atoms with van der Waals surface area (Å²) in [6, 6.07) is 15.5. The summed E-state index contributed by atoms with van der Waals surface area (Å²) in [5.74, 6) is 0.722. The average molecular weight is 374 g/mol. The molecule has 0 N–H and O–H groups in total. The van der Waals surface area contributed by atoms with Crippen molar-refractivity contribution in [2.75, 3.05) is 33.3 Å². The summed E-state index contributed by atoms with van der Waals surface area (Å²) in [4.78, 5) is 16.9. The van der Waals surface area contributed by atoms with Crippen LogP contribution in [0.4, 0.5) is 0 Å². The van der Waals surface area contributed by atoms with Gasteiger partial charge < -0.3 is 14.0 Å². The van der Waals surface area contributed by atoms with Crippen molar-refractivity contribution in [1.29, 1.82) is 5.26 Å². The second kappa shape index (κ2) is 7.75. The molecule has 6 nitrogen and oxygen atoms in total. The summed E-state index contributed by atoms with van der Waals surface area (Å²) >= 11 is 0. The number of aromatic nitrogens is 1. The van der Waals surface area contributed by atoms with E-state index in [1.807, 2.05) is 58.1 Å². The molecule has 0 saturated carbocycles. The molecule has 1 aliphatic heterocycles. The number of amides is 1. The number of ether oxygens (including phenoxy) is 1. The largest absolute Gasteiger partial charge is 0.497 e. The van der Waals surface area contributed by atoms with Crippen LogP contribution in [0.15, 0.2) is 54.9 Å². The number of pyridine rings is 1. The maximum Gasteiger partial charge on any atom is 0.254 e. The Hall–Kier alpha value is -3.30. The molecule has 1 amide bonds. The van der Waals surface area contributed by atoms with Gasteiger partial charge in [0.1, 0.15) is 11.8 Å². The molecular formula is C22H22N4O2. The van der Waals surface area contributed by atoms with Gasteiger partial charge in [-0.3, -0.25) is 9.69 Å². The van der Waals surface area contributed by atoms with Crippen molar-refractivity contribution in [3.63, 3.8) is 0 Å². The normalized spacial score (nSPS) is 14.8. The van der Waals surface area contributed by atoms with E-state index in [2.05, 4.69) is 11.0 Å². The van der Waals surface area contributed by atoms with Crippen LogP contribution in [0.1, 0.15) is 21.5 Å². The van der Waals surface area contributed by atoms with Crippen molar-refractivity contribution in [2.24, 2.45) is 0 Å². The zero-order valence-corrected chi connectivity index (χ0v) is 15.8. The highest BCUT2D eigenvalue weighted by atomic mass is 16.5. The maximum absolute atomic E-state index is 12.8. The van der Waals surface area contributed by atoms with Gasteiger partial charge >= 0.3 is 0 Å². The van der Waals surface area contributed by atoms with Gasteiger partial charge in [-0.05, 0) is 30.3 Å². The highest BCUT2D eigenvalue weighted by molar-refractivity contribution is 5.94. The third kappa shape index (κ3) is 3.45. The Morgan fingerprint density at radius 3 is 2.71 bits per heavy atom. The molecule has 0 bridgehead atoms. The van der Waals surface area contributed by atoms with Crippen LogP contribution < -0.4 is 4.74 Å². The lowest BCUT2D eigenvalue weighted by atomic mass is 10.1. The first kappa shape index (κ1) is 18.1. The van der Waals surface area contributed by atoms with Gasteiger partial charge in [-0.15, -0.1) is 0 Å². The summed E-state index contributed by atoms with van der Waals surface area (Å²) in [5.41, 5.74) is 3.35.